The Balaban J connectivity index is 1.68. The SMILES string of the molecule is CC(C)NC(=O)[C@H](Cc1ccccc1)N(Cc1c(Cl)cccc1Cl)C(=O)COc1cccc2ccccc12. The molecule has 196 valence electrons. The van der Waals surface area contributed by atoms with Crippen LogP contribution in [0.4, 0.5) is 0 Å². The van der Waals surface area contributed by atoms with E-state index in [1.807, 2.05) is 86.6 Å². The summed E-state index contributed by atoms with van der Waals surface area (Å²) in [5, 5.41) is 5.73. The lowest BCUT2D eigenvalue weighted by molar-refractivity contribution is -0.143. The van der Waals surface area contributed by atoms with Crippen LogP contribution in [0.5, 0.6) is 5.75 Å². The molecule has 1 atom stereocenters. The van der Waals surface area contributed by atoms with Crippen LogP contribution in [0.15, 0.2) is 91.0 Å². The molecule has 4 rings (SSSR count). The van der Waals surface area contributed by atoms with Gasteiger partial charge < -0.3 is 15.0 Å². The van der Waals surface area contributed by atoms with E-state index in [0.717, 1.165) is 16.3 Å². The molecule has 4 aromatic carbocycles. The number of hydrogen-bond donors (Lipinski definition) is 1. The summed E-state index contributed by atoms with van der Waals surface area (Å²) in [4.78, 5) is 28.9. The lowest BCUT2D eigenvalue weighted by Crippen LogP contribution is -2.52. The molecule has 4 aromatic rings. The van der Waals surface area contributed by atoms with Gasteiger partial charge in [0.15, 0.2) is 6.61 Å². The van der Waals surface area contributed by atoms with Crippen molar-refractivity contribution in [1.82, 2.24) is 10.2 Å². The number of carbonyl (C=O) groups excluding carboxylic acids is 2. The second-order valence-electron chi connectivity index (χ2n) is 9.36. The highest BCUT2D eigenvalue weighted by molar-refractivity contribution is 6.36. The molecule has 0 aliphatic heterocycles. The zero-order chi connectivity index (χ0) is 27.1. The summed E-state index contributed by atoms with van der Waals surface area (Å²) >= 11 is 13.0. The van der Waals surface area contributed by atoms with Crippen molar-refractivity contribution in [3.05, 3.63) is 112 Å². The Morgan fingerprint density at radius 2 is 1.47 bits per heavy atom. The molecule has 0 aliphatic carbocycles. The molecule has 0 aliphatic rings. The van der Waals surface area contributed by atoms with Crippen LogP contribution in [0.3, 0.4) is 0 Å². The molecule has 0 fully saturated rings. The van der Waals surface area contributed by atoms with Crippen LogP contribution in [0.25, 0.3) is 10.8 Å². The van der Waals surface area contributed by atoms with Crippen molar-refractivity contribution >= 4 is 45.8 Å². The molecule has 5 nitrogen and oxygen atoms in total. The molecular formula is C31H30Cl2N2O3. The van der Waals surface area contributed by atoms with E-state index in [2.05, 4.69) is 5.32 Å². The standard InChI is InChI=1S/C31H30Cl2N2O3/c1-21(2)34-31(37)28(18-22-10-4-3-5-11-22)35(19-25-26(32)15-9-16-27(25)33)30(36)20-38-29-17-8-13-23-12-6-7-14-24(23)29/h3-17,21,28H,18-20H2,1-2H3,(H,34,37)/t28-/m0/s1. The first-order valence-corrected chi connectivity index (χ1v) is 13.3. The van der Waals surface area contributed by atoms with Gasteiger partial charge in [0, 0.05) is 40.0 Å². The Morgan fingerprint density at radius 1 is 0.842 bits per heavy atom. The topological polar surface area (TPSA) is 58.6 Å². The van der Waals surface area contributed by atoms with E-state index >= 15 is 0 Å². The zero-order valence-electron chi connectivity index (χ0n) is 21.4. The van der Waals surface area contributed by atoms with Crippen molar-refractivity contribution < 1.29 is 14.3 Å². The maximum Gasteiger partial charge on any atom is 0.261 e. The summed E-state index contributed by atoms with van der Waals surface area (Å²) in [6, 6.07) is 27.4. The molecule has 38 heavy (non-hydrogen) atoms. The highest BCUT2D eigenvalue weighted by Gasteiger charge is 2.32. The Kier molecular flexibility index (Phi) is 9.27. The largest absolute Gasteiger partial charge is 0.483 e. The van der Waals surface area contributed by atoms with Crippen LogP contribution in [-0.4, -0.2) is 35.4 Å². The van der Waals surface area contributed by atoms with Gasteiger partial charge in [-0.15, -0.1) is 0 Å². The first-order valence-electron chi connectivity index (χ1n) is 12.5. The number of ether oxygens (including phenoxy) is 1. The molecule has 0 spiro atoms. The predicted octanol–water partition coefficient (Wildman–Crippen LogP) is 6.69. The minimum Gasteiger partial charge on any atom is -0.483 e. The van der Waals surface area contributed by atoms with Crippen molar-refractivity contribution in [3.8, 4) is 5.75 Å². The van der Waals surface area contributed by atoms with Gasteiger partial charge in [0.2, 0.25) is 5.91 Å². The van der Waals surface area contributed by atoms with Crippen molar-refractivity contribution in [3.63, 3.8) is 0 Å². The number of fused-ring (bicyclic) bond motifs is 1. The number of nitrogens with one attached hydrogen (secondary N) is 1. The monoisotopic (exact) mass is 548 g/mol. The molecular weight excluding hydrogens is 519 g/mol. The summed E-state index contributed by atoms with van der Waals surface area (Å²) in [5.41, 5.74) is 1.50. The number of carbonyl (C=O) groups is 2. The Bertz CT molecular complexity index is 1380. The normalized spacial score (nSPS) is 11.8. The van der Waals surface area contributed by atoms with Gasteiger partial charge in [0.25, 0.3) is 5.91 Å². The Labute approximate surface area is 233 Å². The van der Waals surface area contributed by atoms with E-state index in [0.29, 0.717) is 27.8 Å². The van der Waals surface area contributed by atoms with Gasteiger partial charge in [-0.25, -0.2) is 0 Å². The predicted molar refractivity (Wildman–Crippen MR) is 154 cm³/mol. The number of benzene rings is 4. The highest BCUT2D eigenvalue weighted by Crippen LogP contribution is 2.28. The fourth-order valence-electron chi connectivity index (χ4n) is 4.33. The fourth-order valence-corrected chi connectivity index (χ4v) is 4.85. The van der Waals surface area contributed by atoms with Gasteiger partial charge in [0.05, 0.1) is 0 Å². The summed E-state index contributed by atoms with van der Waals surface area (Å²) < 4.78 is 6.03. The maximum atomic E-state index is 13.8. The third-order valence-corrected chi connectivity index (χ3v) is 6.90. The first kappa shape index (κ1) is 27.5. The van der Waals surface area contributed by atoms with E-state index in [-0.39, 0.29) is 31.0 Å². The molecule has 0 saturated carbocycles. The number of nitrogens with zero attached hydrogens (tertiary/aromatic N) is 1. The van der Waals surface area contributed by atoms with Gasteiger partial charge >= 0.3 is 0 Å². The summed E-state index contributed by atoms with van der Waals surface area (Å²) in [5.74, 6) is -0.0160. The van der Waals surface area contributed by atoms with Crippen molar-refractivity contribution in [2.24, 2.45) is 0 Å². The third-order valence-electron chi connectivity index (χ3n) is 6.19. The first-order chi connectivity index (χ1) is 18.3. The van der Waals surface area contributed by atoms with E-state index in [1.165, 1.54) is 4.90 Å². The van der Waals surface area contributed by atoms with Crippen molar-refractivity contribution in [2.45, 2.75) is 38.9 Å². The second-order valence-corrected chi connectivity index (χ2v) is 10.2. The Morgan fingerprint density at radius 3 is 2.18 bits per heavy atom. The van der Waals surface area contributed by atoms with E-state index in [1.54, 1.807) is 18.2 Å². The molecule has 1 N–H and O–H groups in total. The van der Waals surface area contributed by atoms with E-state index < -0.39 is 6.04 Å². The molecule has 0 heterocycles. The fraction of sp³-hybridized carbons (Fsp3) is 0.226. The van der Waals surface area contributed by atoms with Gasteiger partial charge in [-0.1, -0.05) is 96.0 Å². The number of hydrogen-bond acceptors (Lipinski definition) is 3. The number of rotatable bonds is 10. The minimum atomic E-state index is -0.809. The van der Waals surface area contributed by atoms with E-state index in [4.69, 9.17) is 27.9 Å². The second kappa shape index (κ2) is 12.8. The highest BCUT2D eigenvalue weighted by atomic mass is 35.5. The summed E-state index contributed by atoms with van der Waals surface area (Å²) in [7, 11) is 0. The van der Waals surface area contributed by atoms with Crippen LogP contribution >= 0.6 is 23.2 Å². The molecule has 0 saturated heterocycles. The van der Waals surface area contributed by atoms with Gasteiger partial charge in [0.1, 0.15) is 11.8 Å². The summed E-state index contributed by atoms with van der Waals surface area (Å²) in [6.45, 7) is 3.58. The van der Waals surface area contributed by atoms with Crippen LogP contribution in [-0.2, 0) is 22.6 Å². The van der Waals surface area contributed by atoms with Gasteiger partial charge in [-0.3, -0.25) is 9.59 Å². The summed E-state index contributed by atoms with van der Waals surface area (Å²) in [6.07, 6.45) is 0.321. The number of amides is 2. The maximum absolute atomic E-state index is 13.8. The smallest absolute Gasteiger partial charge is 0.261 e. The average Bonchev–Trinajstić information content (AvgIpc) is 2.91. The molecule has 0 radical (unpaired) electrons. The van der Waals surface area contributed by atoms with Crippen LogP contribution in [0.1, 0.15) is 25.0 Å². The molecule has 0 bridgehead atoms. The van der Waals surface area contributed by atoms with Gasteiger partial charge in [-0.05, 0) is 43.0 Å². The average molecular weight is 549 g/mol. The van der Waals surface area contributed by atoms with Crippen molar-refractivity contribution in [1.29, 1.82) is 0 Å². The quantitative estimate of drug-likeness (QED) is 0.240. The molecule has 0 aromatic heterocycles. The van der Waals surface area contributed by atoms with Gasteiger partial charge in [-0.2, -0.15) is 0 Å². The van der Waals surface area contributed by atoms with Crippen LogP contribution < -0.4 is 10.1 Å². The Hall–Kier alpha value is -3.54. The third kappa shape index (κ3) is 6.85. The molecule has 0 unspecified atom stereocenters. The lowest BCUT2D eigenvalue weighted by Gasteiger charge is -2.32. The van der Waals surface area contributed by atoms with E-state index in [9.17, 15) is 9.59 Å². The minimum absolute atomic E-state index is 0.0548. The zero-order valence-corrected chi connectivity index (χ0v) is 22.9. The molecule has 2 amide bonds. The lowest BCUT2D eigenvalue weighted by atomic mass is 10.0. The molecule has 7 heteroatoms. The van der Waals surface area contributed by atoms with Crippen molar-refractivity contribution in [2.75, 3.05) is 6.61 Å². The number of halogens is 2. The van der Waals surface area contributed by atoms with Crippen LogP contribution in [0.2, 0.25) is 10.0 Å². The van der Waals surface area contributed by atoms with Crippen LogP contribution in [0, 0.1) is 0 Å².